The van der Waals surface area contributed by atoms with Crippen LogP contribution < -0.4 is 10.6 Å². The molecule has 2 aromatic heterocycles. The minimum absolute atomic E-state index is 0.128. The van der Waals surface area contributed by atoms with Gasteiger partial charge in [-0.2, -0.15) is 13.2 Å². The van der Waals surface area contributed by atoms with Gasteiger partial charge in [0.2, 0.25) is 0 Å². The minimum Gasteiger partial charge on any atom is -0.467 e. The molecule has 0 atom stereocenters. The predicted octanol–water partition coefficient (Wildman–Crippen LogP) is 4.07. The fourth-order valence-corrected chi connectivity index (χ4v) is 2.31. The van der Waals surface area contributed by atoms with Crippen molar-refractivity contribution in [1.82, 2.24) is 15.3 Å². The molecule has 0 aliphatic rings. The van der Waals surface area contributed by atoms with Crippen LogP contribution in [-0.4, -0.2) is 15.9 Å². The van der Waals surface area contributed by atoms with Crippen LogP contribution in [0.15, 0.2) is 53.1 Å². The first-order chi connectivity index (χ1) is 12.8. The molecule has 1 aromatic carbocycles. The van der Waals surface area contributed by atoms with Gasteiger partial charge in [-0.1, -0.05) is 0 Å². The van der Waals surface area contributed by atoms with E-state index in [1.54, 1.807) is 19.1 Å². The first-order valence-electron chi connectivity index (χ1n) is 7.92. The fourth-order valence-electron chi connectivity index (χ4n) is 2.31. The molecule has 140 valence electrons. The molecule has 0 saturated carbocycles. The molecule has 27 heavy (non-hydrogen) atoms. The Morgan fingerprint density at radius 2 is 1.89 bits per heavy atom. The van der Waals surface area contributed by atoms with E-state index in [0.717, 1.165) is 12.1 Å². The molecule has 0 fully saturated rings. The highest BCUT2D eigenvalue weighted by Crippen LogP contribution is 2.30. The lowest BCUT2D eigenvalue weighted by Gasteiger charge is -2.10. The number of carbonyl (C=O) groups is 1. The number of rotatable bonds is 5. The first kappa shape index (κ1) is 18.4. The molecule has 0 aliphatic heterocycles. The van der Waals surface area contributed by atoms with Gasteiger partial charge < -0.3 is 15.1 Å². The van der Waals surface area contributed by atoms with Crippen molar-refractivity contribution in [3.8, 4) is 0 Å². The Balaban J connectivity index is 1.72. The lowest BCUT2D eigenvalue weighted by molar-refractivity contribution is -0.137. The van der Waals surface area contributed by atoms with Crippen LogP contribution in [0.4, 0.5) is 24.7 Å². The summed E-state index contributed by atoms with van der Waals surface area (Å²) in [6.07, 6.45) is -2.90. The number of halogens is 3. The van der Waals surface area contributed by atoms with Crippen LogP contribution in [0.1, 0.15) is 27.6 Å². The van der Waals surface area contributed by atoms with Gasteiger partial charge >= 0.3 is 6.18 Å². The van der Waals surface area contributed by atoms with Crippen molar-refractivity contribution < 1.29 is 22.4 Å². The zero-order valence-electron chi connectivity index (χ0n) is 14.2. The number of alkyl halides is 3. The number of hydrogen-bond acceptors (Lipinski definition) is 5. The van der Waals surface area contributed by atoms with Crippen molar-refractivity contribution in [2.24, 2.45) is 0 Å². The Labute approximate surface area is 152 Å². The van der Waals surface area contributed by atoms with Crippen LogP contribution in [0, 0.1) is 6.92 Å². The quantitative estimate of drug-likeness (QED) is 0.702. The van der Waals surface area contributed by atoms with E-state index in [2.05, 4.69) is 20.6 Å². The Bertz CT molecular complexity index is 923. The smallest absolute Gasteiger partial charge is 0.416 e. The van der Waals surface area contributed by atoms with Crippen LogP contribution in [0.5, 0.6) is 0 Å². The highest BCUT2D eigenvalue weighted by Gasteiger charge is 2.29. The number of nitrogens with zero attached hydrogens (tertiary/aromatic N) is 2. The van der Waals surface area contributed by atoms with E-state index in [0.29, 0.717) is 23.1 Å². The summed E-state index contributed by atoms with van der Waals surface area (Å²) >= 11 is 0. The van der Waals surface area contributed by atoms with Crippen molar-refractivity contribution in [2.75, 3.05) is 5.32 Å². The number of aryl methyl sites for hydroxylation is 1. The maximum atomic E-state index is 12.6. The summed E-state index contributed by atoms with van der Waals surface area (Å²) in [7, 11) is 0. The van der Waals surface area contributed by atoms with Gasteiger partial charge in [-0.25, -0.2) is 9.97 Å². The Hall–Kier alpha value is -3.36. The molecule has 2 heterocycles. The largest absolute Gasteiger partial charge is 0.467 e. The molecule has 9 heteroatoms. The number of nitrogens with one attached hydrogen (secondary N) is 2. The van der Waals surface area contributed by atoms with E-state index in [1.165, 1.54) is 24.5 Å². The molecular formula is C18H15F3N4O2. The van der Waals surface area contributed by atoms with Gasteiger partial charge in [0, 0.05) is 11.8 Å². The SMILES string of the molecule is Cc1nc(Nc2ccc(C(F)(F)F)cc2)cc(C(=O)NCc2ccco2)n1. The number of hydrogen-bond donors (Lipinski definition) is 2. The number of amides is 1. The highest BCUT2D eigenvalue weighted by atomic mass is 19.4. The molecule has 0 spiro atoms. The molecule has 2 N–H and O–H groups in total. The lowest BCUT2D eigenvalue weighted by atomic mass is 10.2. The number of aromatic nitrogens is 2. The first-order valence-corrected chi connectivity index (χ1v) is 7.92. The molecule has 0 unspecified atom stereocenters. The average Bonchev–Trinajstić information content (AvgIpc) is 3.12. The molecule has 0 saturated heterocycles. The second kappa shape index (κ2) is 7.48. The van der Waals surface area contributed by atoms with Gasteiger partial charge in [0.15, 0.2) is 0 Å². The van der Waals surface area contributed by atoms with Crippen LogP contribution >= 0.6 is 0 Å². The number of anilines is 2. The van der Waals surface area contributed by atoms with E-state index in [4.69, 9.17) is 4.42 Å². The lowest BCUT2D eigenvalue weighted by Crippen LogP contribution is -2.24. The highest BCUT2D eigenvalue weighted by molar-refractivity contribution is 5.93. The summed E-state index contributed by atoms with van der Waals surface area (Å²) in [5.74, 6) is 0.810. The predicted molar refractivity (Wildman–Crippen MR) is 91.4 cm³/mol. The standard InChI is InChI=1S/C18H15F3N4O2/c1-11-23-15(17(26)22-10-14-3-2-8-27-14)9-16(24-11)25-13-6-4-12(5-7-13)18(19,20)21/h2-9H,10H2,1H3,(H,22,26)(H,23,24,25). The summed E-state index contributed by atoms with van der Waals surface area (Å²) in [6.45, 7) is 1.82. The van der Waals surface area contributed by atoms with E-state index in [9.17, 15) is 18.0 Å². The molecule has 0 bridgehead atoms. The van der Waals surface area contributed by atoms with Gasteiger partial charge in [-0.15, -0.1) is 0 Å². The van der Waals surface area contributed by atoms with E-state index in [1.807, 2.05) is 0 Å². The van der Waals surface area contributed by atoms with Gasteiger partial charge in [0.25, 0.3) is 5.91 Å². The Kier molecular flexibility index (Phi) is 5.11. The van der Waals surface area contributed by atoms with E-state index in [-0.39, 0.29) is 12.2 Å². The number of furan rings is 1. The summed E-state index contributed by atoms with van der Waals surface area (Å²) in [5.41, 5.74) is -0.212. The van der Waals surface area contributed by atoms with Crippen molar-refractivity contribution in [3.63, 3.8) is 0 Å². The number of carbonyl (C=O) groups excluding carboxylic acids is 1. The second-order valence-corrected chi connectivity index (χ2v) is 5.65. The van der Waals surface area contributed by atoms with E-state index >= 15 is 0 Å². The third kappa shape index (κ3) is 4.84. The maximum absolute atomic E-state index is 12.6. The Morgan fingerprint density at radius 3 is 2.52 bits per heavy atom. The third-order valence-electron chi connectivity index (χ3n) is 3.56. The Morgan fingerprint density at radius 1 is 1.15 bits per heavy atom. The van der Waals surface area contributed by atoms with Crippen LogP contribution in [0.25, 0.3) is 0 Å². The molecular weight excluding hydrogens is 361 g/mol. The minimum atomic E-state index is -4.40. The molecule has 6 nitrogen and oxygen atoms in total. The molecule has 1 amide bonds. The summed E-state index contributed by atoms with van der Waals surface area (Å²) in [4.78, 5) is 20.5. The van der Waals surface area contributed by atoms with Crippen LogP contribution in [-0.2, 0) is 12.7 Å². The molecule has 3 aromatic rings. The van der Waals surface area contributed by atoms with Gasteiger partial charge in [0.05, 0.1) is 18.4 Å². The molecule has 0 aliphatic carbocycles. The van der Waals surface area contributed by atoms with Gasteiger partial charge in [-0.3, -0.25) is 4.79 Å². The average molecular weight is 376 g/mol. The van der Waals surface area contributed by atoms with Gasteiger partial charge in [-0.05, 0) is 43.3 Å². The maximum Gasteiger partial charge on any atom is 0.416 e. The zero-order chi connectivity index (χ0) is 19.4. The fraction of sp³-hybridized carbons (Fsp3) is 0.167. The van der Waals surface area contributed by atoms with E-state index < -0.39 is 17.6 Å². The number of benzene rings is 1. The summed E-state index contributed by atoms with van der Waals surface area (Å²) in [5, 5.41) is 5.54. The zero-order valence-corrected chi connectivity index (χ0v) is 14.2. The molecule has 0 radical (unpaired) electrons. The molecule has 3 rings (SSSR count). The topological polar surface area (TPSA) is 80.0 Å². The van der Waals surface area contributed by atoms with Gasteiger partial charge in [0.1, 0.15) is 23.1 Å². The normalized spacial score (nSPS) is 11.3. The monoisotopic (exact) mass is 376 g/mol. The van der Waals surface area contributed by atoms with Crippen molar-refractivity contribution in [1.29, 1.82) is 0 Å². The second-order valence-electron chi connectivity index (χ2n) is 5.65. The van der Waals surface area contributed by atoms with Crippen molar-refractivity contribution in [3.05, 3.63) is 71.6 Å². The summed E-state index contributed by atoms with van der Waals surface area (Å²) < 4.78 is 43.0. The van der Waals surface area contributed by atoms with Crippen molar-refractivity contribution >= 4 is 17.4 Å². The van der Waals surface area contributed by atoms with Crippen LogP contribution in [0.2, 0.25) is 0 Å². The van der Waals surface area contributed by atoms with Crippen LogP contribution in [0.3, 0.4) is 0 Å². The summed E-state index contributed by atoms with van der Waals surface area (Å²) in [6, 6.07) is 9.36. The van der Waals surface area contributed by atoms with Crippen molar-refractivity contribution in [2.45, 2.75) is 19.6 Å². The third-order valence-corrected chi connectivity index (χ3v) is 3.56.